The summed E-state index contributed by atoms with van der Waals surface area (Å²) >= 11 is 0. The average Bonchev–Trinajstić information content (AvgIpc) is 2.89. The zero-order valence-corrected chi connectivity index (χ0v) is 23.8. The number of carbonyl (C=O) groups excluding carboxylic acids is 3. The molecule has 0 spiro atoms. The third-order valence-corrected chi connectivity index (χ3v) is 5.96. The lowest BCUT2D eigenvalue weighted by Crippen LogP contribution is -2.42. The quantitative estimate of drug-likeness (QED) is 0.259. The van der Waals surface area contributed by atoms with Gasteiger partial charge in [0.15, 0.2) is 17.0 Å². The van der Waals surface area contributed by atoms with Crippen molar-refractivity contribution in [3.63, 3.8) is 0 Å². The molecule has 0 bridgehead atoms. The molecule has 2 amide bonds. The van der Waals surface area contributed by atoms with Crippen molar-refractivity contribution < 1.29 is 29.0 Å². The lowest BCUT2D eigenvalue weighted by molar-refractivity contribution is -0.143. The highest BCUT2D eigenvalue weighted by molar-refractivity contribution is 5.99. The zero-order chi connectivity index (χ0) is 30.3. The molecule has 0 saturated carbocycles. The monoisotopic (exact) mass is 568 g/mol. The van der Waals surface area contributed by atoms with Gasteiger partial charge in [-0.3, -0.25) is 4.79 Å². The van der Waals surface area contributed by atoms with Gasteiger partial charge in [0.2, 0.25) is 5.95 Å². The summed E-state index contributed by atoms with van der Waals surface area (Å²) in [6.45, 7) is 5.61. The molecule has 0 saturated heterocycles. The SMILES string of the molecule is COC(=O)[C@H](CCCN(C)C(=O)OC(C)(C)C)NC(=O)c1ccc(CCc2cnc3nc(N)nc(N)c3n2)cc1O. The third-order valence-electron chi connectivity index (χ3n) is 5.96. The number of aromatic nitrogens is 4. The average molecular weight is 569 g/mol. The number of ether oxygens (including phenoxy) is 2. The smallest absolute Gasteiger partial charge is 0.410 e. The predicted octanol–water partition coefficient (Wildman–Crippen LogP) is 1.99. The number of aryl methyl sites for hydroxylation is 2. The minimum absolute atomic E-state index is 0.00142. The molecule has 220 valence electrons. The number of benzene rings is 1. The molecular weight excluding hydrogens is 532 g/mol. The first-order chi connectivity index (χ1) is 19.3. The Morgan fingerprint density at radius 1 is 1.12 bits per heavy atom. The first-order valence-corrected chi connectivity index (χ1v) is 13.0. The highest BCUT2D eigenvalue weighted by Gasteiger charge is 2.25. The Kier molecular flexibility index (Phi) is 9.81. The molecule has 2 aromatic heterocycles. The Labute approximate surface area is 237 Å². The molecule has 3 rings (SSSR count). The molecule has 1 atom stereocenters. The van der Waals surface area contributed by atoms with Crippen LogP contribution in [0.5, 0.6) is 5.75 Å². The molecule has 14 heteroatoms. The van der Waals surface area contributed by atoms with Crippen molar-refractivity contribution in [1.82, 2.24) is 30.2 Å². The van der Waals surface area contributed by atoms with Crippen LogP contribution in [-0.4, -0.2) is 80.3 Å². The summed E-state index contributed by atoms with van der Waals surface area (Å²) in [6, 6.07) is 3.68. The van der Waals surface area contributed by atoms with E-state index in [4.69, 9.17) is 20.9 Å². The number of hydrogen-bond donors (Lipinski definition) is 4. The number of phenols is 1. The highest BCUT2D eigenvalue weighted by atomic mass is 16.6. The summed E-state index contributed by atoms with van der Waals surface area (Å²) in [7, 11) is 2.81. The van der Waals surface area contributed by atoms with Gasteiger partial charge < -0.3 is 36.3 Å². The Balaban J connectivity index is 1.60. The fourth-order valence-electron chi connectivity index (χ4n) is 3.89. The van der Waals surface area contributed by atoms with E-state index in [1.54, 1.807) is 40.1 Å². The number of methoxy groups -OCH3 is 1. The Morgan fingerprint density at radius 3 is 2.51 bits per heavy atom. The molecule has 14 nitrogen and oxygen atoms in total. The first-order valence-electron chi connectivity index (χ1n) is 13.0. The maximum absolute atomic E-state index is 12.9. The van der Waals surface area contributed by atoms with Crippen molar-refractivity contribution >= 4 is 40.9 Å². The van der Waals surface area contributed by atoms with Crippen LogP contribution in [0.3, 0.4) is 0 Å². The van der Waals surface area contributed by atoms with Crippen molar-refractivity contribution in [1.29, 1.82) is 0 Å². The predicted molar refractivity (Wildman–Crippen MR) is 151 cm³/mol. The molecule has 0 aliphatic carbocycles. The minimum Gasteiger partial charge on any atom is -0.507 e. The van der Waals surface area contributed by atoms with Gasteiger partial charge in [-0.1, -0.05) is 6.07 Å². The third kappa shape index (κ3) is 8.62. The van der Waals surface area contributed by atoms with Crippen molar-refractivity contribution in [3.8, 4) is 5.75 Å². The number of nitrogens with zero attached hydrogens (tertiary/aromatic N) is 5. The van der Waals surface area contributed by atoms with Gasteiger partial charge in [-0.05, 0) is 64.2 Å². The molecule has 0 fully saturated rings. The number of nitrogen functional groups attached to an aromatic ring is 2. The van der Waals surface area contributed by atoms with Gasteiger partial charge in [-0.2, -0.15) is 9.97 Å². The zero-order valence-electron chi connectivity index (χ0n) is 23.8. The highest BCUT2D eigenvalue weighted by Crippen LogP contribution is 2.21. The van der Waals surface area contributed by atoms with E-state index >= 15 is 0 Å². The topological polar surface area (TPSA) is 209 Å². The van der Waals surface area contributed by atoms with Crippen molar-refractivity contribution in [2.45, 2.75) is 58.1 Å². The van der Waals surface area contributed by atoms with E-state index in [1.165, 1.54) is 24.1 Å². The Bertz CT molecular complexity index is 1420. The molecular formula is C27H36N8O6. The van der Waals surface area contributed by atoms with Crippen LogP contribution >= 0.6 is 0 Å². The summed E-state index contributed by atoms with van der Waals surface area (Å²) in [4.78, 5) is 55.4. The summed E-state index contributed by atoms with van der Waals surface area (Å²) in [5.41, 5.74) is 12.9. The van der Waals surface area contributed by atoms with Crippen LogP contribution in [-0.2, 0) is 27.1 Å². The van der Waals surface area contributed by atoms with Gasteiger partial charge in [-0.15, -0.1) is 0 Å². The fourth-order valence-corrected chi connectivity index (χ4v) is 3.89. The molecule has 41 heavy (non-hydrogen) atoms. The van der Waals surface area contributed by atoms with Gasteiger partial charge in [-0.25, -0.2) is 19.6 Å². The van der Waals surface area contributed by atoms with Crippen LogP contribution in [0, 0.1) is 0 Å². The minimum atomic E-state index is -0.975. The van der Waals surface area contributed by atoms with Crippen LogP contribution in [0.25, 0.3) is 11.2 Å². The van der Waals surface area contributed by atoms with E-state index in [-0.39, 0.29) is 29.5 Å². The Morgan fingerprint density at radius 2 is 1.85 bits per heavy atom. The summed E-state index contributed by atoms with van der Waals surface area (Å²) in [6.07, 6.45) is 2.63. The first kappa shape index (κ1) is 30.8. The number of nitrogens with one attached hydrogen (secondary N) is 1. The normalized spacial score (nSPS) is 12.0. The summed E-state index contributed by atoms with van der Waals surface area (Å²) in [5.74, 6) is -1.37. The lowest BCUT2D eigenvalue weighted by atomic mass is 10.0. The number of esters is 1. The second-order valence-corrected chi connectivity index (χ2v) is 10.4. The Hall–Kier alpha value is -4.75. The molecule has 1 aromatic carbocycles. The van der Waals surface area contributed by atoms with E-state index in [0.717, 1.165) is 5.56 Å². The number of amides is 2. The molecule has 2 heterocycles. The van der Waals surface area contributed by atoms with E-state index in [1.807, 2.05) is 0 Å². The standard InChI is InChI=1S/C27H36N8O6/c1-27(2,3)41-26(39)35(4)12-6-7-18(24(38)40-5)32-23(37)17-11-9-15(13-19(17)36)8-10-16-14-30-22-20(31-16)21(28)33-25(29)34-22/h9,11,13-14,18,36H,6-8,10,12H2,1-5H3,(H,32,37)(H4,28,29,30,33,34)/t18-/m0/s1. The van der Waals surface area contributed by atoms with E-state index < -0.39 is 29.6 Å². The van der Waals surface area contributed by atoms with Crippen LogP contribution in [0.2, 0.25) is 0 Å². The fraction of sp³-hybridized carbons (Fsp3) is 0.444. The maximum atomic E-state index is 12.9. The van der Waals surface area contributed by atoms with E-state index in [0.29, 0.717) is 42.7 Å². The number of carbonyl (C=O) groups is 3. The van der Waals surface area contributed by atoms with Crippen LogP contribution in [0.1, 0.15) is 55.2 Å². The molecule has 0 unspecified atom stereocenters. The number of hydrogen-bond acceptors (Lipinski definition) is 12. The second-order valence-electron chi connectivity index (χ2n) is 10.4. The number of rotatable bonds is 10. The van der Waals surface area contributed by atoms with Crippen LogP contribution < -0.4 is 16.8 Å². The summed E-state index contributed by atoms with van der Waals surface area (Å²) in [5, 5.41) is 13.2. The van der Waals surface area contributed by atoms with Gasteiger partial charge in [0, 0.05) is 13.6 Å². The largest absolute Gasteiger partial charge is 0.507 e. The molecule has 3 aromatic rings. The van der Waals surface area contributed by atoms with Gasteiger partial charge >= 0.3 is 12.1 Å². The molecule has 0 radical (unpaired) electrons. The maximum Gasteiger partial charge on any atom is 0.410 e. The number of phenolic OH excluding ortho intramolecular Hbond substituents is 1. The number of aromatic hydroxyl groups is 1. The molecule has 0 aliphatic rings. The van der Waals surface area contributed by atoms with Gasteiger partial charge in [0.25, 0.3) is 5.91 Å². The number of nitrogens with two attached hydrogens (primary N) is 2. The van der Waals surface area contributed by atoms with Crippen molar-refractivity contribution in [3.05, 3.63) is 41.2 Å². The summed E-state index contributed by atoms with van der Waals surface area (Å²) < 4.78 is 10.1. The van der Waals surface area contributed by atoms with Crippen molar-refractivity contribution in [2.75, 3.05) is 32.2 Å². The van der Waals surface area contributed by atoms with Crippen LogP contribution in [0.15, 0.2) is 24.4 Å². The van der Waals surface area contributed by atoms with Gasteiger partial charge in [0.05, 0.1) is 24.6 Å². The van der Waals surface area contributed by atoms with E-state index in [2.05, 4.69) is 25.3 Å². The molecule has 0 aliphatic heterocycles. The lowest BCUT2D eigenvalue weighted by Gasteiger charge is -2.25. The van der Waals surface area contributed by atoms with Gasteiger partial charge in [0.1, 0.15) is 17.4 Å². The van der Waals surface area contributed by atoms with Crippen LogP contribution in [0.4, 0.5) is 16.6 Å². The van der Waals surface area contributed by atoms with Crippen molar-refractivity contribution in [2.24, 2.45) is 0 Å². The number of anilines is 2. The van der Waals surface area contributed by atoms with E-state index in [9.17, 15) is 19.5 Å². The number of fused-ring (bicyclic) bond motifs is 1. The molecule has 6 N–H and O–H groups in total. The second kappa shape index (κ2) is 13.1.